The minimum Gasteiger partial charge on any atom is -0.481 e. The van der Waals surface area contributed by atoms with Gasteiger partial charge in [-0.15, -0.1) is 0 Å². The SMILES string of the molecule is CC[NH+]1CCN(c2ccccc2NC(=O)[C@@H](C)Oc2cccc(C)c2)CC1. The number of hydrogen-bond acceptors (Lipinski definition) is 3. The number of benzene rings is 2. The van der Waals surface area contributed by atoms with Gasteiger partial charge in [-0.2, -0.15) is 0 Å². The highest BCUT2D eigenvalue weighted by atomic mass is 16.5. The zero-order valence-electron chi connectivity index (χ0n) is 16.5. The molecule has 0 saturated carbocycles. The van der Waals surface area contributed by atoms with Crippen molar-refractivity contribution < 1.29 is 14.4 Å². The van der Waals surface area contributed by atoms with E-state index in [1.165, 1.54) is 6.54 Å². The van der Waals surface area contributed by atoms with Gasteiger partial charge in [0.05, 0.1) is 44.1 Å². The van der Waals surface area contributed by atoms with E-state index < -0.39 is 6.10 Å². The van der Waals surface area contributed by atoms with Crippen LogP contribution in [0.1, 0.15) is 19.4 Å². The first kappa shape index (κ1) is 19.2. The minimum absolute atomic E-state index is 0.137. The minimum atomic E-state index is -0.568. The van der Waals surface area contributed by atoms with Gasteiger partial charge >= 0.3 is 0 Å². The second-order valence-corrected chi connectivity index (χ2v) is 7.17. The Kier molecular flexibility index (Phi) is 6.35. The Hall–Kier alpha value is -2.53. The quantitative estimate of drug-likeness (QED) is 0.821. The summed E-state index contributed by atoms with van der Waals surface area (Å²) in [6.45, 7) is 11.5. The van der Waals surface area contributed by atoms with Crippen molar-refractivity contribution in [1.82, 2.24) is 0 Å². The number of anilines is 2. The molecule has 2 aromatic carbocycles. The molecular weight excluding hydrogens is 338 g/mol. The molecule has 5 heteroatoms. The third-order valence-corrected chi connectivity index (χ3v) is 5.14. The Labute approximate surface area is 161 Å². The molecule has 0 bridgehead atoms. The lowest BCUT2D eigenvalue weighted by atomic mass is 10.2. The van der Waals surface area contributed by atoms with E-state index in [0.29, 0.717) is 5.75 Å². The number of likely N-dealkylation sites (N-methyl/N-ethyl adjacent to an activating group) is 1. The van der Waals surface area contributed by atoms with Gasteiger partial charge in [0.2, 0.25) is 0 Å². The zero-order chi connectivity index (χ0) is 19.2. The predicted octanol–water partition coefficient (Wildman–Crippen LogP) is 2.13. The molecule has 0 aliphatic carbocycles. The third kappa shape index (κ3) is 5.01. The third-order valence-electron chi connectivity index (χ3n) is 5.14. The van der Waals surface area contributed by atoms with Crippen LogP contribution in [-0.4, -0.2) is 44.7 Å². The van der Waals surface area contributed by atoms with Crippen molar-refractivity contribution >= 4 is 17.3 Å². The molecule has 1 heterocycles. The van der Waals surface area contributed by atoms with Crippen LogP contribution in [0.2, 0.25) is 0 Å². The normalized spacial score (nSPS) is 16.0. The maximum absolute atomic E-state index is 12.7. The Bertz CT molecular complexity index is 770. The van der Waals surface area contributed by atoms with E-state index in [1.54, 1.807) is 11.8 Å². The van der Waals surface area contributed by atoms with E-state index in [1.807, 2.05) is 49.4 Å². The first-order valence-corrected chi connectivity index (χ1v) is 9.78. The van der Waals surface area contributed by atoms with Crippen LogP contribution in [0, 0.1) is 6.92 Å². The molecule has 5 nitrogen and oxygen atoms in total. The highest BCUT2D eigenvalue weighted by Crippen LogP contribution is 2.26. The fraction of sp³-hybridized carbons (Fsp3) is 0.409. The summed E-state index contributed by atoms with van der Waals surface area (Å²) in [4.78, 5) is 16.7. The number of hydrogen-bond donors (Lipinski definition) is 2. The predicted molar refractivity (Wildman–Crippen MR) is 110 cm³/mol. The number of carbonyl (C=O) groups excluding carboxylic acids is 1. The van der Waals surface area contributed by atoms with Crippen LogP contribution in [0.4, 0.5) is 11.4 Å². The van der Waals surface area contributed by atoms with Crippen LogP contribution in [-0.2, 0) is 4.79 Å². The average Bonchev–Trinajstić information content (AvgIpc) is 2.68. The summed E-state index contributed by atoms with van der Waals surface area (Å²) in [7, 11) is 0. The van der Waals surface area contributed by atoms with E-state index in [-0.39, 0.29) is 5.91 Å². The van der Waals surface area contributed by atoms with Crippen LogP contribution in [0.25, 0.3) is 0 Å². The maximum Gasteiger partial charge on any atom is 0.265 e. The van der Waals surface area contributed by atoms with Gasteiger partial charge in [-0.1, -0.05) is 24.3 Å². The van der Waals surface area contributed by atoms with Crippen LogP contribution in [0.3, 0.4) is 0 Å². The van der Waals surface area contributed by atoms with Crippen molar-refractivity contribution in [2.75, 3.05) is 42.9 Å². The summed E-state index contributed by atoms with van der Waals surface area (Å²) in [5.41, 5.74) is 3.05. The smallest absolute Gasteiger partial charge is 0.265 e. The number of aryl methyl sites for hydroxylation is 1. The van der Waals surface area contributed by atoms with Crippen molar-refractivity contribution in [3.8, 4) is 5.75 Å². The van der Waals surface area contributed by atoms with E-state index in [4.69, 9.17) is 4.74 Å². The number of carbonyl (C=O) groups is 1. The summed E-state index contributed by atoms with van der Waals surface area (Å²) in [5, 5.41) is 3.06. The monoisotopic (exact) mass is 368 g/mol. The van der Waals surface area contributed by atoms with Crippen molar-refractivity contribution in [3.05, 3.63) is 54.1 Å². The van der Waals surface area contributed by atoms with Crippen LogP contribution >= 0.6 is 0 Å². The van der Waals surface area contributed by atoms with Crippen molar-refractivity contribution in [1.29, 1.82) is 0 Å². The molecule has 1 atom stereocenters. The number of para-hydroxylation sites is 2. The van der Waals surface area contributed by atoms with E-state index in [0.717, 1.165) is 43.1 Å². The fourth-order valence-electron chi connectivity index (χ4n) is 3.45. The fourth-order valence-corrected chi connectivity index (χ4v) is 3.45. The molecule has 1 aliphatic heterocycles. The molecule has 0 spiro atoms. The molecule has 144 valence electrons. The molecule has 1 amide bonds. The van der Waals surface area contributed by atoms with Crippen LogP contribution in [0.5, 0.6) is 5.75 Å². The van der Waals surface area contributed by atoms with Gasteiger partial charge in [0, 0.05) is 0 Å². The van der Waals surface area contributed by atoms with Gasteiger partial charge in [0.1, 0.15) is 5.75 Å². The van der Waals surface area contributed by atoms with E-state index >= 15 is 0 Å². The molecule has 27 heavy (non-hydrogen) atoms. The summed E-state index contributed by atoms with van der Waals surface area (Å²) >= 11 is 0. The van der Waals surface area contributed by atoms with Gasteiger partial charge in [0.15, 0.2) is 6.10 Å². The number of nitrogens with zero attached hydrogens (tertiary/aromatic N) is 1. The topological polar surface area (TPSA) is 46.0 Å². The molecule has 1 fully saturated rings. The molecular formula is C22H30N3O2+. The first-order chi connectivity index (χ1) is 13.1. The number of quaternary nitrogens is 1. The second kappa shape index (κ2) is 8.91. The highest BCUT2D eigenvalue weighted by Gasteiger charge is 2.22. The lowest BCUT2D eigenvalue weighted by Gasteiger charge is -2.34. The Balaban J connectivity index is 1.65. The van der Waals surface area contributed by atoms with Crippen molar-refractivity contribution in [3.63, 3.8) is 0 Å². The van der Waals surface area contributed by atoms with E-state index in [2.05, 4.69) is 23.2 Å². The average molecular weight is 369 g/mol. The summed E-state index contributed by atoms with van der Waals surface area (Å²) in [5.74, 6) is 0.575. The van der Waals surface area contributed by atoms with Gasteiger partial charge in [-0.3, -0.25) is 4.79 Å². The largest absolute Gasteiger partial charge is 0.481 e. The molecule has 3 rings (SSSR count). The summed E-state index contributed by atoms with van der Waals surface area (Å²) < 4.78 is 5.81. The first-order valence-electron chi connectivity index (χ1n) is 9.78. The Morgan fingerprint density at radius 3 is 2.63 bits per heavy atom. The lowest BCUT2D eigenvalue weighted by molar-refractivity contribution is -0.898. The van der Waals surface area contributed by atoms with Crippen molar-refractivity contribution in [2.24, 2.45) is 0 Å². The Morgan fingerprint density at radius 2 is 1.93 bits per heavy atom. The summed E-state index contributed by atoms with van der Waals surface area (Å²) in [6.07, 6.45) is -0.568. The van der Waals surface area contributed by atoms with Gasteiger partial charge in [-0.05, 0) is 50.6 Å². The molecule has 0 aromatic heterocycles. The van der Waals surface area contributed by atoms with Gasteiger partial charge in [0.25, 0.3) is 5.91 Å². The molecule has 0 radical (unpaired) electrons. The standard InChI is InChI=1S/C22H29N3O2/c1-4-24-12-14-25(15-13-24)21-11-6-5-10-20(21)23-22(26)18(3)27-19-9-7-8-17(2)16-19/h5-11,16,18H,4,12-15H2,1-3H3,(H,23,26)/p+1/t18-/m1/s1. The lowest BCUT2D eigenvalue weighted by Crippen LogP contribution is -3.14. The van der Waals surface area contributed by atoms with Gasteiger partial charge in [-0.25, -0.2) is 0 Å². The number of ether oxygens (including phenoxy) is 1. The maximum atomic E-state index is 12.7. The van der Waals surface area contributed by atoms with E-state index in [9.17, 15) is 4.79 Å². The molecule has 1 saturated heterocycles. The number of rotatable bonds is 6. The molecule has 0 unspecified atom stereocenters. The highest BCUT2D eigenvalue weighted by molar-refractivity contribution is 5.97. The second-order valence-electron chi connectivity index (χ2n) is 7.17. The zero-order valence-corrected chi connectivity index (χ0v) is 16.5. The molecule has 1 aliphatic rings. The van der Waals surface area contributed by atoms with Crippen LogP contribution in [0.15, 0.2) is 48.5 Å². The van der Waals surface area contributed by atoms with Crippen LogP contribution < -0.4 is 19.9 Å². The molecule has 2 aromatic rings. The number of piperazine rings is 1. The Morgan fingerprint density at radius 1 is 1.19 bits per heavy atom. The molecule has 2 N–H and O–H groups in total. The number of amides is 1. The number of nitrogens with one attached hydrogen (secondary N) is 2. The van der Waals surface area contributed by atoms with Gasteiger partial charge < -0.3 is 19.9 Å². The van der Waals surface area contributed by atoms with Crippen molar-refractivity contribution in [2.45, 2.75) is 26.9 Å². The summed E-state index contributed by atoms with van der Waals surface area (Å²) in [6, 6.07) is 15.8.